The quantitative estimate of drug-likeness (QED) is 0.599. The van der Waals surface area contributed by atoms with Gasteiger partial charge in [-0.1, -0.05) is 17.7 Å². The Morgan fingerprint density at radius 2 is 1.84 bits per heavy atom. The van der Waals surface area contributed by atoms with Crippen LogP contribution in [0.5, 0.6) is 11.5 Å². The van der Waals surface area contributed by atoms with Crippen molar-refractivity contribution in [3.8, 4) is 11.5 Å². The molecule has 2 aromatic rings. The van der Waals surface area contributed by atoms with Crippen LogP contribution in [-0.2, 0) is 27.8 Å². The topological polar surface area (TPSA) is 93.7 Å². The number of aryl methyl sites for hydroxylation is 3. The Balaban J connectivity index is 1.58. The number of amides is 1. The van der Waals surface area contributed by atoms with Crippen LogP contribution in [0.3, 0.4) is 0 Å². The van der Waals surface area contributed by atoms with E-state index >= 15 is 0 Å². The number of sulfonamides is 1. The molecule has 174 valence electrons. The lowest BCUT2D eigenvalue weighted by Gasteiger charge is -2.14. The Bertz CT molecular complexity index is 1090. The zero-order valence-electron chi connectivity index (χ0n) is 19.4. The maximum atomic E-state index is 12.7. The van der Waals surface area contributed by atoms with Crippen LogP contribution in [0.1, 0.15) is 48.1 Å². The molecule has 0 fully saturated rings. The first-order valence-corrected chi connectivity index (χ1v) is 12.4. The molecule has 1 heterocycles. The van der Waals surface area contributed by atoms with E-state index < -0.39 is 10.0 Å². The molecular formula is C24H32N2O5S. The van der Waals surface area contributed by atoms with Crippen molar-refractivity contribution in [1.82, 2.24) is 10.0 Å². The van der Waals surface area contributed by atoms with Crippen molar-refractivity contribution < 1.29 is 22.7 Å². The van der Waals surface area contributed by atoms with Gasteiger partial charge >= 0.3 is 0 Å². The fourth-order valence-corrected chi connectivity index (χ4v) is 5.63. The second-order valence-electron chi connectivity index (χ2n) is 8.29. The molecule has 1 atom stereocenters. The average molecular weight is 461 g/mol. The molecule has 1 aliphatic rings. The van der Waals surface area contributed by atoms with Gasteiger partial charge in [-0.15, -0.1) is 0 Å². The van der Waals surface area contributed by atoms with Crippen LogP contribution in [0.4, 0.5) is 0 Å². The first-order chi connectivity index (χ1) is 15.1. The number of carbonyl (C=O) groups excluding carboxylic acids is 1. The predicted molar refractivity (Wildman–Crippen MR) is 124 cm³/mol. The molecule has 0 saturated heterocycles. The highest BCUT2D eigenvalue weighted by Gasteiger charge is 2.22. The van der Waals surface area contributed by atoms with Gasteiger partial charge in [0.2, 0.25) is 15.9 Å². The second-order valence-corrected chi connectivity index (χ2v) is 9.99. The Morgan fingerprint density at radius 1 is 1.16 bits per heavy atom. The van der Waals surface area contributed by atoms with Crippen molar-refractivity contribution in [2.75, 3.05) is 13.2 Å². The van der Waals surface area contributed by atoms with Crippen LogP contribution < -0.4 is 19.5 Å². The minimum absolute atomic E-state index is 0.0179. The Hall–Kier alpha value is -2.58. The lowest BCUT2D eigenvalue weighted by molar-refractivity contribution is -0.121. The van der Waals surface area contributed by atoms with Crippen molar-refractivity contribution in [2.45, 2.75) is 65.0 Å². The molecule has 0 aliphatic carbocycles. The van der Waals surface area contributed by atoms with Gasteiger partial charge in [-0.2, -0.15) is 0 Å². The molecule has 0 radical (unpaired) electrons. The number of hydrogen-bond acceptors (Lipinski definition) is 5. The molecule has 7 nitrogen and oxygen atoms in total. The summed E-state index contributed by atoms with van der Waals surface area (Å²) >= 11 is 0. The van der Waals surface area contributed by atoms with Gasteiger partial charge in [-0.3, -0.25) is 4.79 Å². The fraction of sp³-hybridized carbons (Fsp3) is 0.458. The van der Waals surface area contributed by atoms with Gasteiger partial charge in [0, 0.05) is 37.1 Å². The molecule has 3 rings (SSSR count). The minimum atomic E-state index is -3.69. The van der Waals surface area contributed by atoms with Crippen LogP contribution >= 0.6 is 0 Å². The summed E-state index contributed by atoms with van der Waals surface area (Å²) in [4.78, 5) is 12.6. The molecule has 0 spiro atoms. The summed E-state index contributed by atoms with van der Waals surface area (Å²) in [6.45, 7) is 10.2. The van der Waals surface area contributed by atoms with Gasteiger partial charge in [-0.05, 0) is 57.9 Å². The van der Waals surface area contributed by atoms with Crippen molar-refractivity contribution in [3.05, 3.63) is 52.1 Å². The smallest absolute Gasteiger partial charge is 0.241 e. The van der Waals surface area contributed by atoms with Gasteiger partial charge in [0.1, 0.15) is 17.6 Å². The molecule has 2 N–H and O–H groups in total. The Kier molecular flexibility index (Phi) is 7.46. The summed E-state index contributed by atoms with van der Waals surface area (Å²) in [6.07, 6.45) is 0.992. The molecule has 8 heteroatoms. The Morgan fingerprint density at radius 3 is 2.50 bits per heavy atom. The zero-order valence-corrected chi connectivity index (χ0v) is 20.2. The number of carbonyl (C=O) groups is 1. The highest BCUT2D eigenvalue weighted by molar-refractivity contribution is 7.89. The number of hydrogen-bond donors (Lipinski definition) is 2. The van der Waals surface area contributed by atoms with E-state index in [2.05, 4.69) is 10.0 Å². The number of fused-ring (bicyclic) bond motifs is 1. The molecule has 0 bridgehead atoms. The number of benzene rings is 2. The van der Waals surface area contributed by atoms with Crippen molar-refractivity contribution in [2.24, 2.45) is 0 Å². The van der Waals surface area contributed by atoms with E-state index in [0.29, 0.717) is 17.7 Å². The lowest BCUT2D eigenvalue weighted by Crippen LogP contribution is -2.31. The first-order valence-electron chi connectivity index (χ1n) is 10.9. The van der Waals surface area contributed by atoms with E-state index in [9.17, 15) is 13.2 Å². The standard InChI is InChI=1S/C24H32N2O5S/c1-6-30-21-12-19-11-18(5)31-22(19)13-20(21)14-25-23(27)7-8-26-32(28,29)24-16(3)9-15(2)10-17(24)4/h9-10,12-13,18,26H,6-8,11,14H2,1-5H3,(H,25,27)/t18-/m1/s1. The maximum Gasteiger partial charge on any atom is 0.241 e. The third-order valence-electron chi connectivity index (χ3n) is 5.37. The second kappa shape index (κ2) is 9.92. The fourth-order valence-electron chi connectivity index (χ4n) is 4.15. The largest absolute Gasteiger partial charge is 0.494 e. The van der Waals surface area contributed by atoms with E-state index in [1.807, 2.05) is 45.0 Å². The van der Waals surface area contributed by atoms with Crippen LogP contribution in [-0.4, -0.2) is 33.6 Å². The van der Waals surface area contributed by atoms with E-state index in [4.69, 9.17) is 9.47 Å². The van der Waals surface area contributed by atoms with Crippen LogP contribution in [0, 0.1) is 20.8 Å². The SMILES string of the molecule is CCOc1cc2c(cc1CNC(=O)CCNS(=O)(=O)c1c(C)cc(C)cc1C)O[C@H](C)C2. The van der Waals surface area contributed by atoms with Gasteiger partial charge in [-0.25, -0.2) is 13.1 Å². The third kappa shape index (κ3) is 5.61. The van der Waals surface area contributed by atoms with Gasteiger partial charge in [0.15, 0.2) is 0 Å². The minimum Gasteiger partial charge on any atom is -0.494 e. The number of nitrogens with one attached hydrogen (secondary N) is 2. The number of rotatable bonds is 9. The molecule has 1 amide bonds. The zero-order chi connectivity index (χ0) is 23.5. The predicted octanol–water partition coefficient (Wildman–Crippen LogP) is 3.32. The van der Waals surface area contributed by atoms with E-state index in [1.54, 1.807) is 13.8 Å². The molecule has 2 aromatic carbocycles. The molecule has 32 heavy (non-hydrogen) atoms. The number of ether oxygens (including phenoxy) is 2. The highest BCUT2D eigenvalue weighted by Crippen LogP contribution is 2.35. The highest BCUT2D eigenvalue weighted by atomic mass is 32.2. The van der Waals surface area contributed by atoms with E-state index in [-0.39, 0.29) is 36.4 Å². The summed E-state index contributed by atoms with van der Waals surface area (Å²) in [7, 11) is -3.69. The van der Waals surface area contributed by atoms with Crippen LogP contribution in [0.15, 0.2) is 29.2 Å². The van der Waals surface area contributed by atoms with Crippen molar-refractivity contribution in [1.29, 1.82) is 0 Å². The molecule has 0 unspecified atom stereocenters. The monoisotopic (exact) mass is 460 g/mol. The molecule has 1 aliphatic heterocycles. The lowest BCUT2D eigenvalue weighted by atomic mass is 10.1. The summed E-state index contributed by atoms with van der Waals surface area (Å²) < 4.78 is 39.5. The van der Waals surface area contributed by atoms with Gasteiger partial charge in [0.25, 0.3) is 0 Å². The van der Waals surface area contributed by atoms with Gasteiger partial charge < -0.3 is 14.8 Å². The summed E-state index contributed by atoms with van der Waals surface area (Å²) in [6, 6.07) is 7.57. The average Bonchev–Trinajstić information content (AvgIpc) is 3.04. The van der Waals surface area contributed by atoms with E-state index in [1.165, 1.54) is 0 Å². The molecular weight excluding hydrogens is 428 g/mol. The molecule has 0 saturated carbocycles. The van der Waals surface area contributed by atoms with Crippen LogP contribution in [0.25, 0.3) is 0 Å². The summed E-state index contributed by atoms with van der Waals surface area (Å²) in [5.74, 6) is 1.30. The molecule has 0 aromatic heterocycles. The maximum absolute atomic E-state index is 12.7. The van der Waals surface area contributed by atoms with Crippen LogP contribution in [0.2, 0.25) is 0 Å². The summed E-state index contributed by atoms with van der Waals surface area (Å²) in [5, 5.41) is 2.85. The van der Waals surface area contributed by atoms with Crippen molar-refractivity contribution >= 4 is 15.9 Å². The normalized spacial score (nSPS) is 15.2. The summed E-state index contributed by atoms with van der Waals surface area (Å²) in [5.41, 5.74) is 4.33. The third-order valence-corrected chi connectivity index (χ3v) is 7.14. The first kappa shape index (κ1) is 24.1. The van der Waals surface area contributed by atoms with Crippen molar-refractivity contribution in [3.63, 3.8) is 0 Å². The van der Waals surface area contributed by atoms with Gasteiger partial charge in [0.05, 0.1) is 11.5 Å². The van der Waals surface area contributed by atoms with E-state index in [0.717, 1.165) is 34.6 Å². The Labute approximate surface area is 190 Å².